The first-order chi connectivity index (χ1) is 9.08. The number of hydrogen-bond acceptors (Lipinski definition) is 3. The van der Waals surface area contributed by atoms with Crippen LogP contribution in [0, 0.1) is 6.92 Å². The molecule has 0 aliphatic rings. The summed E-state index contributed by atoms with van der Waals surface area (Å²) in [4.78, 5) is 12.9. The summed E-state index contributed by atoms with van der Waals surface area (Å²) < 4.78 is 0. The molecule has 19 heavy (non-hydrogen) atoms. The predicted molar refractivity (Wildman–Crippen MR) is 81.1 cm³/mol. The molecule has 0 saturated heterocycles. The van der Waals surface area contributed by atoms with Crippen LogP contribution in [0.15, 0.2) is 53.4 Å². The van der Waals surface area contributed by atoms with Gasteiger partial charge >= 0.3 is 0 Å². The van der Waals surface area contributed by atoms with Crippen molar-refractivity contribution in [3.8, 4) is 0 Å². The smallest absolute Gasteiger partial charge is 0.193 e. The lowest BCUT2D eigenvalue weighted by Gasteiger charge is -2.02. The van der Waals surface area contributed by atoms with Crippen LogP contribution in [0.2, 0.25) is 0 Å². The van der Waals surface area contributed by atoms with Gasteiger partial charge in [-0.25, -0.2) is 0 Å². The van der Waals surface area contributed by atoms with E-state index < -0.39 is 0 Å². The highest BCUT2D eigenvalue weighted by atomic mass is 32.1. The van der Waals surface area contributed by atoms with Crippen molar-refractivity contribution in [3.63, 3.8) is 0 Å². The topological polar surface area (TPSA) is 37.3 Å². The molecule has 2 aromatic rings. The Labute approximate surface area is 119 Å². The van der Waals surface area contributed by atoms with E-state index in [1.165, 1.54) is 0 Å². The average molecular weight is 274 g/mol. The Bertz CT molecular complexity index is 468. The van der Waals surface area contributed by atoms with Crippen molar-refractivity contribution in [1.29, 1.82) is 0 Å². The average Bonchev–Trinajstić information content (AvgIpc) is 2.41. The van der Waals surface area contributed by atoms with Crippen molar-refractivity contribution in [2.75, 3.05) is 6.61 Å². The molecule has 0 unspecified atom stereocenters. The fourth-order valence-electron chi connectivity index (χ4n) is 1.48. The lowest BCUT2D eigenvalue weighted by molar-refractivity contribution is 0.103. The van der Waals surface area contributed by atoms with Crippen molar-refractivity contribution < 1.29 is 9.90 Å². The Kier molecular flexibility index (Phi) is 6.33. The summed E-state index contributed by atoms with van der Waals surface area (Å²) in [5.74, 6) is 0.0494. The molecule has 3 heteroatoms. The van der Waals surface area contributed by atoms with Crippen molar-refractivity contribution in [1.82, 2.24) is 0 Å². The van der Waals surface area contributed by atoms with E-state index in [-0.39, 0.29) is 12.4 Å². The van der Waals surface area contributed by atoms with E-state index in [4.69, 9.17) is 5.11 Å². The Hall–Kier alpha value is -1.58. The molecule has 0 aliphatic heterocycles. The molecule has 0 fully saturated rings. The van der Waals surface area contributed by atoms with Crippen LogP contribution in [0.1, 0.15) is 28.4 Å². The van der Waals surface area contributed by atoms with Gasteiger partial charge in [0.25, 0.3) is 0 Å². The van der Waals surface area contributed by atoms with Gasteiger partial charge in [0, 0.05) is 22.6 Å². The summed E-state index contributed by atoms with van der Waals surface area (Å²) in [7, 11) is 0. The monoisotopic (exact) mass is 274 g/mol. The van der Waals surface area contributed by atoms with E-state index in [9.17, 15) is 4.79 Å². The van der Waals surface area contributed by atoms with Crippen LogP contribution in [-0.4, -0.2) is 17.5 Å². The zero-order valence-corrected chi connectivity index (χ0v) is 12.0. The van der Waals surface area contributed by atoms with Crippen LogP contribution in [-0.2, 0) is 0 Å². The van der Waals surface area contributed by atoms with E-state index in [0.29, 0.717) is 5.56 Å². The summed E-state index contributed by atoms with van der Waals surface area (Å²) >= 11 is 4.19. The highest BCUT2D eigenvalue weighted by Gasteiger charge is 2.07. The minimum atomic E-state index is 0.0494. The van der Waals surface area contributed by atoms with Gasteiger partial charge in [0.05, 0.1) is 0 Å². The molecule has 2 aromatic carbocycles. The number of hydrogen-bond donors (Lipinski definition) is 2. The van der Waals surface area contributed by atoms with Gasteiger partial charge in [-0.1, -0.05) is 29.8 Å². The van der Waals surface area contributed by atoms with Crippen LogP contribution < -0.4 is 0 Å². The summed E-state index contributed by atoms with van der Waals surface area (Å²) in [6.07, 6.45) is 0. The maximum atomic E-state index is 12.0. The maximum absolute atomic E-state index is 12.0. The number of carbonyl (C=O) groups is 1. The molecule has 0 bridgehead atoms. The molecule has 0 spiro atoms. The van der Waals surface area contributed by atoms with E-state index in [1.54, 1.807) is 19.1 Å². The zero-order chi connectivity index (χ0) is 14.3. The van der Waals surface area contributed by atoms with Crippen molar-refractivity contribution >= 4 is 18.4 Å². The Morgan fingerprint density at radius 2 is 1.37 bits per heavy atom. The third kappa shape index (κ3) is 4.89. The first kappa shape index (κ1) is 15.5. The van der Waals surface area contributed by atoms with Gasteiger partial charge in [-0.05, 0) is 38.1 Å². The zero-order valence-electron chi connectivity index (χ0n) is 11.1. The number of aryl methyl sites for hydroxylation is 1. The van der Waals surface area contributed by atoms with E-state index >= 15 is 0 Å². The molecular formula is C16H18O2S. The quantitative estimate of drug-likeness (QED) is 0.649. The van der Waals surface area contributed by atoms with Crippen LogP contribution in [0.5, 0.6) is 0 Å². The van der Waals surface area contributed by atoms with Gasteiger partial charge < -0.3 is 5.11 Å². The summed E-state index contributed by atoms with van der Waals surface area (Å²) in [5, 5.41) is 7.57. The van der Waals surface area contributed by atoms with Gasteiger partial charge in [-0.3, -0.25) is 4.79 Å². The molecule has 0 aliphatic carbocycles. The van der Waals surface area contributed by atoms with Gasteiger partial charge in [-0.2, -0.15) is 0 Å². The fourth-order valence-corrected chi connectivity index (χ4v) is 1.63. The van der Waals surface area contributed by atoms with Gasteiger partial charge in [0.15, 0.2) is 5.78 Å². The highest BCUT2D eigenvalue weighted by molar-refractivity contribution is 7.80. The molecule has 1 N–H and O–H groups in total. The van der Waals surface area contributed by atoms with Crippen LogP contribution in [0.4, 0.5) is 0 Å². The van der Waals surface area contributed by atoms with Crippen molar-refractivity contribution in [2.24, 2.45) is 0 Å². The summed E-state index contributed by atoms with van der Waals surface area (Å²) in [6.45, 7) is 3.93. The molecule has 0 heterocycles. The van der Waals surface area contributed by atoms with E-state index in [0.717, 1.165) is 16.0 Å². The fraction of sp³-hybridized carbons (Fsp3) is 0.188. The molecule has 2 nitrogen and oxygen atoms in total. The Morgan fingerprint density at radius 1 is 1.00 bits per heavy atom. The third-order valence-corrected chi connectivity index (χ3v) is 2.74. The minimum absolute atomic E-state index is 0.0494. The summed E-state index contributed by atoms with van der Waals surface area (Å²) in [5.41, 5.74) is 2.57. The van der Waals surface area contributed by atoms with Crippen LogP contribution in [0.3, 0.4) is 0 Å². The highest BCUT2D eigenvalue weighted by Crippen LogP contribution is 2.13. The number of thiol groups is 1. The molecule has 0 aromatic heterocycles. The Balaban J connectivity index is 0.000000550. The standard InChI is InChI=1S/C14H12OS.C2H6O/c1-10-2-4-11(5-3-10)14(15)12-6-8-13(16)9-7-12;1-2-3/h2-9,16H,1H3;3H,2H2,1H3. The summed E-state index contributed by atoms with van der Waals surface area (Å²) in [6, 6.07) is 14.8. The van der Waals surface area contributed by atoms with Gasteiger partial charge in [-0.15, -0.1) is 12.6 Å². The number of aliphatic hydroxyl groups is 1. The molecule has 0 radical (unpaired) electrons. The first-order valence-electron chi connectivity index (χ1n) is 6.09. The minimum Gasteiger partial charge on any atom is -0.397 e. The van der Waals surface area contributed by atoms with Crippen LogP contribution >= 0.6 is 12.6 Å². The number of benzene rings is 2. The molecule has 0 saturated carbocycles. The van der Waals surface area contributed by atoms with Crippen molar-refractivity contribution in [3.05, 3.63) is 65.2 Å². The number of ketones is 1. The number of aliphatic hydroxyl groups excluding tert-OH is 1. The number of rotatable bonds is 2. The SMILES string of the molecule is CCO.Cc1ccc(C(=O)c2ccc(S)cc2)cc1. The Morgan fingerprint density at radius 3 is 1.79 bits per heavy atom. The normalized spacial score (nSPS) is 9.47. The second-order valence-corrected chi connectivity index (χ2v) is 4.57. The van der Waals surface area contributed by atoms with E-state index in [2.05, 4.69) is 12.6 Å². The van der Waals surface area contributed by atoms with Crippen molar-refractivity contribution in [2.45, 2.75) is 18.7 Å². The molecular weight excluding hydrogens is 256 g/mol. The van der Waals surface area contributed by atoms with Crippen LogP contribution in [0.25, 0.3) is 0 Å². The number of carbonyl (C=O) groups excluding carboxylic acids is 1. The first-order valence-corrected chi connectivity index (χ1v) is 6.54. The third-order valence-electron chi connectivity index (χ3n) is 2.44. The van der Waals surface area contributed by atoms with Gasteiger partial charge in [0.2, 0.25) is 0 Å². The largest absolute Gasteiger partial charge is 0.397 e. The lowest BCUT2D eigenvalue weighted by atomic mass is 10.0. The molecule has 100 valence electrons. The molecule has 2 rings (SSSR count). The second-order valence-electron chi connectivity index (χ2n) is 4.06. The maximum Gasteiger partial charge on any atom is 0.193 e. The molecule has 0 amide bonds. The molecule has 0 atom stereocenters. The lowest BCUT2D eigenvalue weighted by Crippen LogP contribution is -2.00. The predicted octanol–water partition coefficient (Wildman–Crippen LogP) is 3.51. The van der Waals surface area contributed by atoms with Gasteiger partial charge in [0.1, 0.15) is 0 Å². The van der Waals surface area contributed by atoms with E-state index in [1.807, 2.05) is 43.3 Å². The second kappa shape index (κ2) is 7.77.